The first-order valence-electron chi connectivity index (χ1n) is 12.0. The van der Waals surface area contributed by atoms with E-state index in [1.807, 2.05) is 61.5 Å². The number of rotatable bonds is 11. The van der Waals surface area contributed by atoms with Crippen LogP contribution in [0.2, 0.25) is 0 Å². The molecule has 0 heterocycles. The zero-order chi connectivity index (χ0) is 27.0. The topological polar surface area (TPSA) is 90.0 Å². The molecule has 8 nitrogen and oxygen atoms in total. The summed E-state index contributed by atoms with van der Waals surface area (Å²) in [7, 11) is 0.377. The van der Waals surface area contributed by atoms with Gasteiger partial charge in [-0.25, -0.2) is 4.31 Å². The van der Waals surface area contributed by atoms with Gasteiger partial charge in [0.2, 0.25) is 11.8 Å². The van der Waals surface area contributed by atoms with Gasteiger partial charge in [-0.05, 0) is 30.2 Å². The SMILES string of the molecule is CNC(=O)C(Cc1ccccc1)N(Cc1cccc(C)c1)C(=O)CN(c1ccccc1)S(=O)(=O)N(C)C. The third-order valence-corrected chi connectivity index (χ3v) is 7.84. The molecule has 3 aromatic carbocycles. The fraction of sp³-hybridized carbons (Fsp3) is 0.286. The van der Waals surface area contributed by atoms with Crippen LogP contribution in [0.25, 0.3) is 0 Å². The lowest BCUT2D eigenvalue weighted by molar-refractivity contribution is -0.139. The summed E-state index contributed by atoms with van der Waals surface area (Å²) >= 11 is 0. The molecule has 3 aromatic rings. The minimum absolute atomic E-state index is 0.149. The molecule has 1 unspecified atom stereocenters. The maximum atomic E-state index is 14.0. The Hall–Kier alpha value is -3.69. The van der Waals surface area contributed by atoms with Gasteiger partial charge in [0.25, 0.3) is 0 Å². The fourth-order valence-corrected chi connectivity index (χ4v) is 5.09. The van der Waals surface area contributed by atoms with Gasteiger partial charge in [-0.3, -0.25) is 9.59 Å². The zero-order valence-corrected chi connectivity index (χ0v) is 22.5. The van der Waals surface area contributed by atoms with Crippen molar-refractivity contribution < 1.29 is 18.0 Å². The minimum atomic E-state index is -3.99. The molecule has 196 valence electrons. The highest BCUT2D eigenvalue weighted by molar-refractivity contribution is 7.90. The van der Waals surface area contributed by atoms with Crippen LogP contribution in [-0.2, 0) is 32.8 Å². The smallest absolute Gasteiger partial charge is 0.304 e. The Bertz CT molecular complexity index is 1300. The molecule has 2 amide bonds. The van der Waals surface area contributed by atoms with Gasteiger partial charge < -0.3 is 10.2 Å². The summed E-state index contributed by atoms with van der Waals surface area (Å²) in [4.78, 5) is 28.6. The first kappa shape index (κ1) is 27.9. The molecule has 0 radical (unpaired) electrons. The summed E-state index contributed by atoms with van der Waals surface area (Å²) in [5.74, 6) is -0.813. The maximum Gasteiger partial charge on any atom is 0.304 e. The molecule has 1 N–H and O–H groups in total. The number of nitrogens with zero attached hydrogens (tertiary/aromatic N) is 3. The summed E-state index contributed by atoms with van der Waals surface area (Å²) in [5.41, 5.74) is 3.11. The van der Waals surface area contributed by atoms with Crippen LogP contribution in [0.1, 0.15) is 16.7 Å². The van der Waals surface area contributed by atoms with Gasteiger partial charge >= 0.3 is 10.2 Å². The first-order chi connectivity index (χ1) is 17.6. The number of carbonyl (C=O) groups excluding carboxylic acids is 2. The van der Waals surface area contributed by atoms with Crippen LogP contribution in [0.5, 0.6) is 0 Å². The van der Waals surface area contributed by atoms with E-state index in [4.69, 9.17) is 0 Å². The second kappa shape index (κ2) is 12.5. The van der Waals surface area contributed by atoms with Crippen LogP contribution in [0.15, 0.2) is 84.9 Å². The second-order valence-corrected chi connectivity index (χ2v) is 11.0. The number of hydrogen-bond acceptors (Lipinski definition) is 4. The number of nitrogens with one attached hydrogen (secondary N) is 1. The van der Waals surface area contributed by atoms with E-state index >= 15 is 0 Å². The van der Waals surface area contributed by atoms with Crippen molar-refractivity contribution in [2.75, 3.05) is 32.0 Å². The molecule has 3 rings (SSSR count). The second-order valence-electron chi connectivity index (χ2n) is 8.96. The van der Waals surface area contributed by atoms with Crippen molar-refractivity contribution in [2.24, 2.45) is 0 Å². The molecular weight excluding hydrogens is 488 g/mol. The molecule has 0 spiro atoms. The van der Waals surface area contributed by atoms with Crippen LogP contribution >= 0.6 is 0 Å². The van der Waals surface area contributed by atoms with E-state index in [1.54, 1.807) is 30.3 Å². The molecule has 0 fully saturated rings. The van der Waals surface area contributed by atoms with Gasteiger partial charge in [-0.2, -0.15) is 12.7 Å². The highest BCUT2D eigenvalue weighted by atomic mass is 32.2. The van der Waals surface area contributed by atoms with Crippen LogP contribution in [0, 0.1) is 6.92 Å². The van der Waals surface area contributed by atoms with E-state index in [1.165, 1.54) is 26.0 Å². The molecule has 0 aliphatic carbocycles. The molecule has 0 aromatic heterocycles. The summed E-state index contributed by atoms with van der Waals surface area (Å²) in [5, 5.41) is 2.68. The number of likely N-dealkylation sites (N-methyl/N-ethyl adjacent to an activating group) is 1. The summed E-state index contributed by atoms with van der Waals surface area (Å²) in [6.45, 7) is 1.64. The van der Waals surface area contributed by atoms with Crippen molar-refractivity contribution >= 4 is 27.7 Å². The normalized spacial score (nSPS) is 12.1. The predicted molar refractivity (Wildman–Crippen MR) is 146 cm³/mol. The average molecular weight is 523 g/mol. The van der Waals surface area contributed by atoms with Crippen molar-refractivity contribution in [1.82, 2.24) is 14.5 Å². The first-order valence-corrected chi connectivity index (χ1v) is 13.4. The van der Waals surface area contributed by atoms with Crippen molar-refractivity contribution in [2.45, 2.75) is 25.9 Å². The van der Waals surface area contributed by atoms with Gasteiger partial charge in [-0.15, -0.1) is 0 Å². The number of benzene rings is 3. The Morgan fingerprint density at radius 1 is 0.865 bits per heavy atom. The van der Waals surface area contributed by atoms with E-state index in [0.717, 1.165) is 25.3 Å². The molecule has 9 heteroatoms. The molecule has 37 heavy (non-hydrogen) atoms. The van der Waals surface area contributed by atoms with E-state index < -0.39 is 28.7 Å². The third-order valence-electron chi connectivity index (χ3n) is 6.02. The Morgan fingerprint density at radius 3 is 2.03 bits per heavy atom. The van der Waals surface area contributed by atoms with Crippen LogP contribution in [0.4, 0.5) is 5.69 Å². The van der Waals surface area contributed by atoms with Crippen molar-refractivity contribution in [1.29, 1.82) is 0 Å². The number of anilines is 1. The Morgan fingerprint density at radius 2 is 1.46 bits per heavy atom. The Kier molecular flexibility index (Phi) is 9.43. The monoisotopic (exact) mass is 522 g/mol. The molecule has 0 aliphatic rings. The molecule has 1 atom stereocenters. The lowest BCUT2D eigenvalue weighted by Crippen LogP contribution is -2.53. The average Bonchev–Trinajstić information content (AvgIpc) is 2.89. The van der Waals surface area contributed by atoms with Gasteiger partial charge in [0, 0.05) is 34.1 Å². The maximum absolute atomic E-state index is 14.0. The van der Waals surface area contributed by atoms with E-state index in [0.29, 0.717) is 5.69 Å². The molecule has 0 saturated carbocycles. The molecule has 0 saturated heterocycles. The molecule has 0 aliphatic heterocycles. The number of para-hydroxylation sites is 1. The van der Waals surface area contributed by atoms with Crippen molar-refractivity contribution in [3.05, 3.63) is 102 Å². The standard InChI is InChI=1S/C28H34N4O4S/c1-22-12-11-15-24(18-22)20-31(26(28(34)29-2)19-23-13-7-5-8-14-23)27(33)21-32(37(35,36)30(3)4)25-16-9-6-10-17-25/h5-18,26H,19-21H2,1-4H3,(H,29,34). The lowest BCUT2D eigenvalue weighted by Gasteiger charge is -2.34. The fourth-order valence-electron chi connectivity index (χ4n) is 4.04. The van der Waals surface area contributed by atoms with Crippen molar-refractivity contribution in [3.8, 4) is 0 Å². The number of aryl methyl sites for hydroxylation is 1. The number of carbonyl (C=O) groups is 2. The van der Waals surface area contributed by atoms with Gasteiger partial charge in [-0.1, -0.05) is 78.4 Å². The quantitative estimate of drug-likeness (QED) is 0.419. The van der Waals surface area contributed by atoms with Crippen molar-refractivity contribution in [3.63, 3.8) is 0 Å². The summed E-state index contributed by atoms with van der Waals surface area (Å²) < 4.78 is 28.6. The highest BCUT2D eigenvalue weighted by Crippen LogP contribution is 2.21. The number of amides is 2. The van der Waals surface area contributed by atoms with E-state index in [2.05, 4.69) is 5.32 Å². The Balaban J connectivity index is 2.05. The molecular formula is C28H34N4O4S. The van der Waals surface area contributed by atoms with Gasteiger partial charge in [0.15, 0.2) is 0 Å². The summed E-state index contributed by atoms with van der Waals surface area (Å²) in [6, 6.07) is 24.8. The van der Waals surface area contributed by atoms with Gasteiger partial charge in [0.05, 0.1) is 5.69 Å². The number of hydrogen-bond donors (Lipinski definition) is 1. The van der Waals surface area contributed by atoms with Crippen LogP contribution in [-0.4, -0.2) is 63.2 Å². The van der Waals surface area contributed by atoms with Crippen LogP contribution < -0.4 is 9.62 Å². The van der Waals surface area contributed by atoms with E-state index in [9.17, 15) is 18.0 Å². The van der Waals surface area contributed by atoms with Gasteiger partial charge in [0.1, 0.15) is 12.6 Å². The lowest BCUT2D eigenvalue weighted by atomic mass is 10.0. The third kappa shape index (κ3) is 7.18. The Labute approximate surface area is 219 Å². The zero-order valence-electron chi connectivity index (χ0n) is 21.7. The van der Waals surface area contributed by atoms with Crippen LogP contribution in [0.3, 0.4) is 0 Å². The minimum Gasteiger partial charge on any atom is -0.357 e. The highest BCUT2D eigenvalue weighted by Gasteiger charge is 2.34. The molecule has 0 bridgehead atoms. The summed E-state index contributed by atoms with van der Waals surface area (Å²) in [6.07, 6.45) is 0.282. The largest absolute Gasteiger partial charge is 0.357 e. The predicted octanol–water partition coefficient (Wildman–Crippen LogP) is 2.99. The van der Waals surface area contributed by atoms with E-state index in [-0.39, 0.29) is 18.9 Å².